The van der Waals surface area contributed by atoms with Crippen molar-refractivity contribution in [3.05, 3.63) is 53.7 Å². The number of carbonyl (C=O) groups is 1. The van der Waals surface area contributed by atoms with Crippen LogP contribution in [-0.2, 0) is 0 Å². The molecule has 2 heterocycles. The van der Waals surface area contributed by atoms with Crippen LogP contribution in [0.3, 0.4) is 0 Å². The van der Waals surface area contributed by atoms with Crippen LogP contribution in [0.4, 0.5) is 24.5 Å². The van der Waals surface area contributed by atoms with Gasteiger partial charge in [0.15, 0.2) is 23.0 Å². The first-order valence-corrected chi connectivity index (χ1v) is 6.07. The Balaban J connectivity index is 1.97. The smallest absolute Gasteiger partial charge is 0.293 e. The molecule has 1 aromatic carbocycles. The standard InChI is InChI=1S/C14H8F3N3O2/c15-6-3-4-7(10(17)9(6)16)20-14(21)13-11(18)12-8(22-13)2-1-5-19-12/h1-5H,18H2,(H,20,21). The highest BCUT2D eigenvalue weighted by Gasteiger charge is 2.22. The number of pyridine rings is 1. The minimum atomic E-state index is -1.68. The summed E-state index contributed by atoms with van der Waals surface area (Å²) in [6, 6.07) is 4.72. The topological polar surface area (TPSA) is 81.2 Å². The summed E-state index contributed by atoms with van der Waals surface area (Å²) in [5, 5.41) is 2.07. The minimum Gasteiger partial charge on any atom is -0.447 e. The van der Waals surface area contributed by atoms with Crippen molar-refractivity contribution in [3.8, 4) is 0 Å². The van der Waals surface area contributed by atoms with Crippen LogP contribution < -0.4 is 11.1 Å². The zero-order valence-corrected chi connectivity index (χ0v) is 10.9. The van der Waals surface area contributed by atoms with Gasteiger partial charge in [0, 0.05) is 6.20 Å². The molecule has 0 fully saturated rings. The van der Waals surface area contributed by atoms with Crippen LogP contribution in [0.2, 0.25) is 0 Å². The molecule has 0 spiro atoms. The van der Waals surface area contributed by atoms with Gasteiger partial charge in [-0.3, -0.25) is 9.78 Å². The molecular weight excluding hydrogens is 299 g/mol. The Morgan fingerprint density at radius 3 is 2.68 bits per heavy atom. The van der Waals surface area contributed by atoms with Crippen LogP contribution in [0, 0.1) is 17.5 Å². The molecule has 3 N–H and O–H groups in total. The fourth-order valence-corrected chi connectivity index (χ4v) is 1.92. The molecule has 0 aliphatic rings. The Bertz CT molecular complexity index is 892. The summed E-state index contributed by atoms with van der Waals surface area (Å²) in [6.45, 7) is 0. The van der Waals surface area contributed by atoms with Crippen LogP contribution in [0.25, 0.3) is 11.1 Å². The highest BCUT2D eigenvalue weighted by Crippen LogP contribution is 2.27. The van der Waals surface area contributed by atoms with Gasteiger partial charge in [-0.2, -0.15) is 0 Å². The van der Waals surface area contributed by atoms with E-state index in [0.29, 0.717) is 6.07 Å². The number of benzene rings is 1. The zero-order chi connectivity index (χ0) is 15.9. The molecule has 3 rings (SSSR count). The van der Waals surface area contributed by atoms with Crippen molar-refractivity contribution in [3.63, 3.8) is 0 Å². The molecule has 2 aromatic heterocycles. The van der Waals surface area contributed by atoms with Crippen molar-refractivity contribution in [2.24, 2.45) is 0 Å². The lowest BCUT2D eigenvalue weighted by molar-refractivity contribution is 0.0999. The second-order valence-electron chi connectivity index (χ2n) is 4.37. The summed E-state index contributed by atoms with van der Waals surface area (Å²) in [5.41, 5.74) is 5.73. The number of carbonyl (C=O) groups excluding carboxylic acids is 1. The molecule has 3 aromatic rings. The molecule has 112 valence electrons. The summed E-state index contributed by atoms with van der Waals surface area (Å²) < 4.78 is 44.8. The quantitative estimate of drug-likeness (QED) is 0.713. The van der Waals surface area contributed by atoms with Gasteiger partial charge in [0.1, 0.15) is 11.2 Å². The number of rotatable bonds is 2. The lowest BCUT2D eigenvalue weighted by atomic mass is 10.2. The van der Waals surface area contributed by atoms with Crippen LogP contribution in [0.5, 0.6) is 0 Å². The van der Waals surface area contributed by atoms with Gasteiger partial charge in [0.2, 0.25) is 5.76 Å². The number of halogens is 3. The van der Waals surface area contributed by atoms with E-state index in [2.05, 4.69) is 10.3 Å². The molecule has 8 heteroatoms. The Morgan fingerprint density at radius 1 is 1.18 bits per heavy atom. The summed E-state index contributed by atoms with van der Waals surface area (Å²) >= 11 is 0. The Labute approximate surface area is 121 Å². The van der Waals surface area contributed by atoms with Crippen molar-refractivity contribution in [2.75, 3.05) is 11.1 Å². The van der Waals surface area contributed by atoms with Gasteiger partial charge in [-0.05, 0) is 24.3 Å². The fourth-order valence-electron chi connectivity index (χ4n) is 1.92. The number of anilines is 2. The average Bonchev–Trinajstić information content (AvgIpc) is 2.85. The van der Waals surface area contributed by atoms with Gasteiger partial charge in [-0.15, -0.1) is 0 Å². The molecular formula is C14H8F3N3O2. The number of fused-ring (bicyclic) bond motifs is 1. The Morgan fingerprint density at radius 2 is 1.95 bits per heavy atom. The van der Waals surface area contributed by atoms with Crippen LogP contribution >= 0.6 is 0 Å². The van der Waals surface area contributed by atoms with E-state index < -0.39 is 29.0 Å². The van der Waals surface area contributed by atoms with Crippen molar-refractivity contribution in [1.29, 1.82) is 0 Å². The lowest BCUT2D eigenvalue weighted by Crippen LogP contribution is -2.14. The molecule has 5 nitrogen and oxygen atoms in total. The Hall–Kier alpha value is -3.03. The van der Waals surface area contributed by atoms with Crippen molar-refractivity contribution in [2.45, 2.75) is 0 Å². The lowest BCUT2D eigenvalue weighted by Gasteiger charge is -2.06. The Kier molecular flexibility index (Phi) is 3.21. The maximum Gasteiger partial charge on any atom is 0.293 e. The molecule has 0 unspecified atom stereocenters. The molecule has 0 atom stereocenters. The second-order valence-corrected chi connectivity index (χ2v) is 4.37. The van der Waals surface area contributed by atoms with Gasteiger partial charge in [-0.1, -0.05) is 0 Å². The second kappa shape index (κ2) is 5.06. The summed E-state index contributed by atoms with van der Waals surface area (Å²) in [5.74, 6) is -5.75. The van der Waals surface area contributed by atoms with E-state index >= 15 is 0 Å². The first kappa shape index (κ1) is 13.9. The van der Waals surface area contributed by atoms with Gasteiger partial charge in [0.05, 0.1) is 5.69 Å². The normalized spacial score (nSPS) is 10.9. The van der Waals surface area contributed by atoms with Gasteiger partial charge >= 0.3 is 0 Å². The third-order valence-electron chi connectivity index (χ3n) is 2.97. The van der Waals surface area contributed by atoms with Gasteiger partial charge in [-0.25, -0.2) is 13.2 Å². The van der Waals surface area contributed by atoms with E-state index in [9.17, 15) is 18.0 Å². The zero-order valence-electron chi connectivity index (χ0n) is 10.9. The number of nitrogen functional groups attached to an aromatic ring is 1. The molecule has 22 heavy (non-hydrogen) atoms. The van der Waals surface area contributed by atoms with Crippen molar-refractivity contribution < 1.29 is 22.4 Å². The van der Waals surface area contributed by atoms with Crippen molar-refractivity contribution in [1.82, 2.24) is 4.98 Å². The number of nitrogens with one attached hydrogen (secondary N) is 1. The van der Waals surface area contributed by atoms with Gasteiger partial charge < -0.3 is 15.5 Å². The molecule has 1 amide bonds. The maximum absolute atomic E-state index is 13.5. The number of hydrogen-bond donors (Lipinski definition) is 2. The van der Waals surface area contributed by atoms with E-state index in [1.54, 1.807) is 12.1 Å². The predicted octanol–water partition coefficient (Wildman–Crippen LogP) is 3.08. The molecule has 0 bridgehead atoms. The fraction of sp³-hybridized carbons (Fsp3) is 0. The highest BCUT2D eigenvalue weighted by molar-refractivity contribution is 6.10. The number of amides is 1. The molecule has 0 aliphatic carbocycles. The summed E-state index contributed by atoms with van der Waals surface area (Å²) in [4.78, 5) is 16.0. The number of nitrogens with zero attached hydrogens (tertiary/aromatic N) is 1. The van der Waals surface area contributed by atoms with E-state index in [4.69, 9.17) is 10.2 Å². The summed E-state index contributed by atoms with van der Waals surface area (Å²) in [7, 11) is 0. The maximum atomic E-state index is 13.5. The van der Waals surface area contributed by atoms with E-state index in [-0.39, 0.29) is 22.5 Å². The number of furan rings is 1. The van der Waals surface area contributed by atoms with Gasteiger partial charge in [0.25, 0.3) is 5.91 Å². The summed E-state index contributed by atoms with van der Waals surface area (Å²) in [6.07, 6.45) is 1.46. The monoisotopic (exact) mass is 307 g/mol. The molecule has 0 aliphatic heterocycles. The average molecular weight is 307 g/mol. The first-order valence-electron chi connectivity index (χ1n) is 6.07. The number of nitrogens with two attached hydrogens (primary N) is 1. The van der Waals surface area contributed by atoms with Crippen LogP contribution in [-0.4, -0.2) is 10.9 Å². The highest BCUT2D eigenvalue weighted by atomic mass is 19.2. The van der Waals surface area contributed by atoms with Crippen LogP contribution in [0.1, 0.15) is 10.6 Å². The third-order valence-corrected chi connectivity index (χ3v) is 2.97. The minimum absolute atomic E-state index is 0.0314. The largest absolute Gasteiger partial charge is 0.447 e. The van der Waals surface area contributed by atoms with E-state index in [1.165, 1.54) is 6.20 Å². The predicted molar refractivity (Wildman–Crippen MR) is 72.7 cm³/mol. The van der Waals surface area contributed by atoms with E-state index in [0.717, 1.165) is 6.07 Å². The third kappa shape index (κ3) is 2.14. The molecule has 0 saturated heterocycles. The first-order chi connectivity index (χ1) is 10.5. The SMILES string of the molecule is Nc1c(C(=O)Nc2ccc(F)c(F)c2F)oc2cccnc12. The molecule has 0 radical (unpaired) electrons. The number of hydrogen-bond acceptors (Lipinski definition) is 4. The van der Waals surface area contributed by atoms with Crippen molar-refractivity contribution >= 4 is 28.4 Å². The van der Waals surface area contributed by atoms with Crippen LogP contribution in [0.15, 0.2) is 34.9 Å². The van der Waals surface area contributed by atoms with E-state index in [1.807, 2.05) is 0 Å². The number of aromatic nitrogens is 1. The molecule has 0 saturated carbocycles.